The number of hydrogen-bond acceptors (Lipinski definition) is 6. The van der Waals surface area contributed by atoms with E-state index in [1.165, 1.54) is 0 Å². The third kappa shape index (κ3) is 5.83. The average molecular weight is 493 g/mol. The Morgan fingerprint density at radius 3 is 2.44 bits per heavy atom. The molecule has 0 fully saturated rings. The lowest BCUT2D eigenvalue weighted by molar-refractivity contribution is -0.137. The van der Waals surface area contributed by atoms with E-state index in [2.05, 4.69) is 30.8 Å². The minimum Gasteiger partial charge on any atom is -0.368 e. The van der Waals surface area contributed by atoms with E-state index in [0.717, 1.165) is 33.8 Å². The van der Waals surface area contributed by atoms with Gasteiger partial charge in [-0.2, -0.15) is 18.3 Å². The minimum absolute atomic E-state index is 0.231. The van der Waals surface area contributed by atoms with Crippen LogP contribution in [0.4, 0.5) is 24.7 Å². The number of pyridine rings is 2. The molecule has 3 heterocycles. The highest BCUT2D eigenvalue weighted by atomic mass is 19.4. The summed E-state index contributed by atoms with van der Waals surface area (Å²) in [4.78, 5) is 21.4. The maximum atomic E-state index is 13.0. The monoisotopic (exact) mass is 492 g/mol. The number of aryl methyl sites for hydroxylation is 1. The van der Waals surface area contributed by atoms with Gasteiger partial charge in [-0.25, -0.2) is 4.98 Å². The van der Waals surface area contributed by atoms with Crippen molar-refractivity contribution in [1.82, 2.24) is 20.2 Å². The lowest BCUT2D eigenvalue weighted by Crippen LogP contribution is -2.16. The molecule has 0 aliphatic rings. The van der Waals surface area contributed by atoms with Gasteiger partial charge in [-0.15, -0.1) is 5.10 Å². The second-order valence-corrected chi connectivity index (χ2v) is 8.47. The smallest absolute Gasteiger partial charge is 0.368 e. The number of hydrogen-bond donors (Lipinski definition) is 2. The Kier molecular flexibility index (Phi) is 6.96. The summed E-state index contributed by atoms with van der Waals surface area (Å²) in [7, 11) is 0. The highest BCUT2D eigenvalue weighted by Crippen LogP contribution is 2.31. The fourth-order valence-corrected chi connectivity index (χ4v) is 3.56. The van der Waals surface area contributed by atoms with E-state index in [9.17, 15) is 18.0 Å². The summed E-state index contributed by atoms with van der Waals surface area (Å²) in [5, 5.41) is 12.7. The van der Waals surface area contributed by atoms with Crippen LogP contribution < -0.4 is 10.6 Å². The van der Waals surface area contributed by atoms with E-state index in [1.54, 1.807) is 24.5 Å². The molecule has 4 aromatic rings. The maximum absolute atomic E-state index is 13.0. The van der Waals surface area contributed by atoms with Gasteiger partial charge >= 0.3 is 6.18 Å². The number of aromatic nitrogens is 4. The van der Waals surface area contributed by atoms with Gasteiger partial charge in [0.05, 0.1) is 17.5 Å². The first kappa shape index (κ1) is 24.8. The largest absolute Gasteiger partial charge is 0.418 e. The number of rotatable bonds is 6. The molecule has 0 bridgehead atoms. The Morgan fingerprint density at radius 1 is 0.944 bits per heavy atom. The number of carbonyl (C=O) groups excluding carboxylic acids is 1. The average Bonchev–Trinajstić information content (AvgIpc) is 2.84. The molecule has 36 heavy (non-hydrogen) atoms. The summed E-state index contributed by atoms with van der Waals surface area (Å²) < 4.78 is 38.9. The van der Waals surface area contributed by atoms with Crippen LogP contribution in [0.3, 0.4) is 0 Å². The molecular formula is C26H23F3N6O. The van der Waals surface area contributed by atoms with Crippen LogP contribution in [0.15, 0.2) is 67.1 Å². The van der Waals surface area contributed by atoms with Crippen molar-refractivity contribution >= 4 is 17.4 Å². The molecule has 0 aliphatic carbocycles. The molecular weight excluding hydrogens is 469 g/mol. The number of halogens is 3. The third-order valence-electron chi connectivity index (χ3n) is 5.27. The molecule has 0 saturated carbocycles. The number of alkyl halides is 3. The van der Waals surface area contributed by atoms with Crippen molar-refractivity contribution in [3.05, 3.63) is 83.9 Å². The van der Waals surface area contributed by atoms with Crippen LogP contribution >= 0.6 is 0 Å². The lowest BCUT2D eigenvalue weighted by Gasteiger charge is -2.13. The molecule has 0 atom stereocenters. The number of benzene rings is 1. The Balaban J connectivity index is 1.61. The van der Waals surface area contributed by atoms with Crippen molar-refractivity contribution in [2.75, 3.05) is 10.6 Å². The van der Waals surface area contributed by atoms with Crippen molar-refractivity contribution in [3.8, 4) is 22.4 Å². The summed E-state index contributed by atoms with van der Waals surface area (Å²) in [6.07, 6.45) is -0.635. The zero-order valence-corrected chi connectivity index (χ0v) is 19.8. The summed E-state index contributed by atoms with van der Waals surface area (Å²) in [6, 6.07) is 13.7. The molecule has 0 saturated heterocycles. The molecule has 0 spiro atoms. The molecule has 184 valence electrons. The van der Waals surface area contributed by atoms with Gasteiger partial charge in [-0.05, 0) is 79.9 Å². The van der Waals surface area contributed by atoms with Gasteiger partial charge in [-0.1, -0.05) is 6.07 Å². The molecule has 1 amide bonds. The van der Waals surface area contributed by atoms with E-state index in [1.807, 2.05) is 51.1 Å². The first-order chi connectivity index (χ1) is 17.1. The van der Waals surface area contributed by atoms with Crippen LogP contribution in [0.5, 0.6) is 0 Å². The van der Waals surface area contributed by atoms with Crippen LogP contribution in [0, 0.1) is 6.92 Å². The van der Waals surface area contributed by atoms with Gasteiger partial charge in [0.2, 0.25) is 0 Å². The predicted molar refractivity (Wildman–Crippen MR) is 131 cm³/mol. The van der Waals surface area contributed by atoms with Gasteiger partial charge in [0, 0.05) is 29.7 Å². The number of carbonyl (C=O) groups is 1. The maximum Gasteiger partial charge on any atom is 0.418 e. The predicted octanol–water partition coefficient (Wildman–Crippen LogP) is 6.00. The fraction of sp³-hybridized carbons (Fsp3) is 0.192. The molecule has 3 aromatic heterocycles. The normalized spacial score (nSPS) is 11.4. The van der Waals surface area contributed by atoms with Gasteiger partial charge < -0.3 is 10.6 Å². The summed E-state index contributed by atoms with van der Waals surface area (Å²) in [5.41, 5.74) is 3.21. The van der Waals surface area contributed by atoms with Gasteiger partial charge in [-0.3, -0.25) is 9.78 Å². The first-order valence-corrected chi connectivity index (χ1v) is 11.1. The SMILES string of the molecule is Cc1ccc(NC(=O)c2cc(C(F)(F)F)cnn2)cc1-c1ccnc(-c2ccnc(NC(C)C)c2)c1. The van der Waals surface area contributed by atoms with Crippen LogP contribution in [0.25, 0.3) is 22.4 Å². The van der Waals surface area contributed by atoms with Crippen molar-refractivity contribution in [2.45, 2.75) is 33.0 Å². The standard InChI is InChI=1S/C26H23F3N6O/c1-15(2)33-24-11-18(7-9-31-24)22-10-17(6-8-30-22)21-13-20(5-4-16(21)3)34-25(36)23-12-19(14-32-35-23)26(27,28)29/h4-15H,1-3H3,(H,31,33)(H,34,36). The van der Waals surface area contributed by atoms with Crippen molar-refractivity contribution < 1.29 is 18.0 Å². The minimum atomic E-state index is -4.62. The lowest BCUT2D eigenvalue weighted by atomic mass is 9.99. The Hall–Kier alpha value is -4.34. The second kappa shape index (κ2) is 10.1. The van der Waals surface area contributed by atoms with E-state index >= 15 is 0 Å². The molecule has 0 unspecified atom stereocenters. The summed E-state index contributed by atoms with van der Waals surface area (Å²) in [5.74, 6) is -0.0472. The van der Waals surface area contributed by atoms with E-state index in [0.29, 0.717) is 18.0 Å². The van der Waals surface area contributed by atoms with Crippen molar-refractivity contribution in [3.63, 3.8) is 0 Å². The Bertz CT molecular complexity index is 1400. The number of nitrogens with one attached hydrogen (secondary N) is 2. The quantitative estimate of drug-likeness (QED) is 0.343. The van der Waals surface area contributed by atoms with E-state index in [4.69, 9.17) is 0 Å². The van der Waals surface area contributed by atoms with E-state index < -0.39 is 23.3 Å². The topological polar surface area (TPSA) is 92.7 Å². The molecule has 10 heteroatoms. The number of anilines is 2. The number of amides is 1. The van der Waals surface area contributed by atoms with Gasteiger partial charge in [0.25, 0.3) is 5.91 Å². The van der Waals surface area contributed by atoms with Crippen LogP contribution in [-0.4, -0.2) is 32.1 Å². The second-order valence-electron chi connectivity index (χ2n) is 8.47. The summed E-state index contributed by atoms with van der Waals surface area (Å²) in [6.45, 7) is 5.99. The van der Waals surface area contributed by atoms with E-state index in [-0.39, 0.29) is 6.04 Å². The first-order valence-electron chi connectivity index (χ1n) is 11.1. The van der Waals surface area contributed by atoms with Crippen LogP contribution in [-0.2, 0) is 6.18 Å². The highest BCUT2D eigenvalue weighted by Gasteiger charge is 2.32. The molecule has 4 rings (SSSR count). The molecule has 1 aromatic carbocycles. The highest BCUT2D eigenvalue weighted by molar-refractivity contribution is 6.03. The Morgan fingerprint density at radius 2 is 1.69 bits per heavy atom. The fourth-order valence-electron chi connectivity index (χ4n) is 3.56. The van der Waals surface area contributed by atoms with Gasteiger partial charge in [0.15, 0.2) is 5.69 Å². The van der Waals surface area contributed by atoms with Gasteiger partial charge in [0.1, 0.15) is 5.82 Å². The van der Waals surface area contributed by atoms with Crippen molar-refractivity contribution in [2.24, 2.45) is 0 Å². The molecule has 2 N–H and O–H groups in total. The van der Waals surface area contributed by atoms with Crippen LogP contribution in [0.2, 0.25) is 0 Å². The summed E-state index contributed by atoms with van der Waals surface area (Å²) >= 11 is 0. The Labute approximate surface area is 205 Å². The number of nitrogens with zero attached hydrogens (tertiary/aromatic N) is 4. The van der Waals surface area contributed by atoms with Crippen LogP contribution in [0.1, 0.15) is 35.5 Å². The third-order valence-corrected chi connectivity index (χ3v) is 5.27. The molecule has 0 aliphatic heterocycles. The molecule has 7 nitrogen and oxygen atoms in total. The van der Waals surface area contributed by atoms with Crippen molar-refractivity contribution in [1.29, 1.82) is 0 Å². The zero-order chi connectivity index (χ0) is 25.9. The zero-order valence-electron chi connectivity index (χ0n) is 19.8. The molecule has 0 radical (unpaired) electrons.